The number of rotatable bonds is 3. The van der Waals surface area contributed by atoms with Crippen LogP contribution >= 0.6 is 11.6 Å². The molecule has 124 valence electrons. The number of aromatic nitrogens is 2. The predicted octanol–water partition coefficient (Wildman–Crippen LogP) is 4.89. The lowest BCUT2D eigenvalue weighted by molar-refractivity contribution is 0.0372. The van der Waals surface area contributed by atoms with Gasteiger partial charge in [0, 0.05) is 11.0 Å². The number of fused-ring (bicyclic) bond motifs is 1. The molecule has 1 heterocycles. The summed E-state index contributed by atoms with van der Waals surface area (Å²) in [5, 5.41) is 17.0. The lowest BCUT2D eigenvalue weighted by Gasteiger charge is -2.34. The van der Waals surface area contributed by atoms with Crippen LogP contribution in [0.2, 0.25) is 5.02 Å². The van der Waals surface area contributed by atoms with E-state index in [1.54, 1.807) is 0 Å². The van der Waals surface area contributed by atoms with Gasteiger partial charge in [0.1, 0.15) is 5.02 Å². The summed E-state index contributed by atoms with van der Waals surface area (Å²) in [6.07, 6.45) is 7.74. The summed E-state index contributed by atoms with van der Waals surface area (Å²) in [4.78, 5) is 0. The topological polar surface area (TPSA) is 48.9 Å². The van der Waals surface area contributed by atoms with Crippen LogP contribution in [0.3, 0.4) is 0 Å². The van der Waals surface area contributed by atoms with Crippen LogP contribution in [0.1, 0.15) is 56.6 Å². The molecular formula is C17H19ClF2N2O. The van der Waals surface area contributed by atoms with Gasteiger partial charge in [0.05, 0.1) is 23.2 Å². The molecule has 1 unspecified atom stereocenters. The number of hydrogen-bond acceptors (Lipinski definition) is 2. The first-order valence-corrected chi connectivity index (χ1v) is 8.61. The number of benzene rings is 1. The van der Waals surface area contributed by atoms with Crippen molar-refractivity contribution in [2.75, 3.05) is 0 Å². The van der Waals surface area contributed by atoms with Crippen molar-refractivity contribution >= 4 is 22.5 Å². The van der Waals surface area contributed by atoms with E-state index in [0.717, 1.165) is 38.5 Å². The van der Waals surface area contributed by atoms with Crippen LogP contribution in [0.5, 0.6) is 0 Å². The lowest BCUT2D eigenvalue weighted by Crippen LogP contribution is -2.27. The Labute approximate surface area is 138 Å². The summed E-state index contributed by atoms with van der Waals surface area (Å²) >= 11 is 5.82. The van der Waals surface area contributed by atoms with E-state index in [0.29, 0.717) is 5.92 Å². The molecule has 23 heavy (non-hydrogen) atoms. The molecule has 1 aromatic heterocycles. The SMILES string of the molecule is OC(c1c(F)c(Cl)c(F)c2cn[nH]c12)C1(C2CCCCC2)CC1. The van der Waals surface area contributed by atoms with Crippen LogP contribution in [0, 0.1) is 23.0 Å². The fraction of sp³-hybridized carbons (Fsp3) is 0.588. The van der Waals surface area contributed by atoms with Crippen molar-refractivity contribution in [3.8, 4) is 0 Å². The first-order chi connectivity index (χ1) is 11.1. The third kappa shape index (κ3) is 2.20. The Morgan fingerprint density at radius 2 is 1.91 bits per heavy atom. The van der Waals surface area contributed by atoms with Gasteiger partial charge in [0.2, 0.25) is 0 Å². The van der Waals surface area contributed by atoms with Crippen molar-refractivity contribution in [1.82, 2.24) is 10.2 Å². The number of aliphatic hydroxyl groups is 1. The molecule has 0 bridgehead atoms. The summed E-state index contributed by atoms with van der Waals surface area (Å²) in [6, 6.07) is 0. The quantitative estimate of drug-likeness (QED) is 0.782. The van der Waals surface area contributed by atoms with Gasteiger partial charge in [-0.05, 0) is 31.6 Å². The van der Waals surface area contributed by atoms with E-state index in [4.69, 9.17) is 11.6 Å². The Kier molecular flexibility index (Phi) is 3.61. The number of nitrogens with one attached hydrogen (secondary N) is 1. The molecule has 3 nitrogen and oxygen atoms in total. The summed E-state index contributed by atoms with van der Waals surface area (Å²) in [5.74, 6) is -1.30. The molecule has 2 N–H and O–H groups in total. The highest BCUT2D eigenvalue weighted by molar-refractivity contribution is 6.31. The van der Waals surface area contributed by atoms with Crippen molar-refractivity contribution in [1.29, 1.82) is 0 Å². The molecule has 2 aliphatic rings. The maximum atomic E-state index is 14.7. The largest absolute Gasteiger partial charge is 0.388 e. The second-order valence-corrected chi connectivity index (χ2v) is 7.36. The van der Waals surface area contributed by atoms with E-state index in [-0.39, 0.29) is 21.9 Å². The number of halogens is 3. The number of H-pyrrole nitrogens is 1. The van der Waals surface area contributed by atoms with Crippen molar-refractivity contribution in [3.63, 3.8) is 0 Å². The van der Waals surface area contributed by atoms with Gasteiger partial charge in [-0.3, -0.25) is 5.10 Å². The molecule has 2 aliphatic carbocycles. The highest BCUT2D eigenvalue weighted by Gasteiger charge is 2.55. The second kappa shape index (κ2) is 5.42. The zero-order valence-corrected chi connectivity index (χ0v) is 13.5. The number of nitrogens with zero attached hydrogens (tertiary/aromatic N) is 1. The first-order valence-electron chi connectivity index (χ1n) is 8.24. The summed E-state index contributed by atoms with van der Waals surface area (Å²) in [7, 11) is 0. The van der Waals surface area contributed by atoms with Gasteiger partial charge < -0.3 is 5.11 Å². The molecule has 0 saturated heterocycles. The van der Waals surface area contributed by atoms with E-state index in [9.17, 15) is 13.9 Å². The summed E-state index contributed by atoms with van der Waals surface area (Å²) in [6.45, 7) is 0. The number of aromatic amines is 1. The molecule has 1 aromatic carbocycles. The highest BCUT2D eigenvalue weighted by Crippen LogP contribution is 2.64. The maximum Gasteiger partial charge on any atom is 0.155 e. The lowest BCUT2D eigenvalue weighted by atomic mass is 9.73. The average molecular weight is 341 g/mol. The number of aliphatic hydroxyl groups excluding tert-OH is 1. The Morgan fingerprint density at radius 1 is 1.22 bits per heavy atom. The minimum Gasteiger partial charge on any atom is -0.388 e. The van der Waals surface area contributed by atoms with Gasteiger partial charge in [-0.2, -0.15) is 5.10 Å². The van der Waals surface area contributed by atoms with Crippen LogP contribution in [0.15, 0.2) is 6.20 Å². The first kappa shape index (κ1) is 15.3. The second-order valence-electron chi connectivity index (χ2n) is 6.98. The van der Waals surface area contributed by atoms with Crippen molar-refractivity contribution in [2.45, 2.75) is 51.0 Å². The minimum absolute atomic E-state index is 0.0759. The normalized spacial score (nSPS) is 22.4. The number of hydrogen-bond donors (Lipinski definition) is 2. The van der Waals surface area contributed by atoms with Gasteiger partial charge in [-0.15, -0.1) is 0 Å². The van der Waals surface area contributed by atoms with E-state index in [1.807, 2.05) is 0 Å². The third-order valence-electron chi connectivity index (χ3n) is 5.83. The molecule has 2 fully saturated rings. The molecule has 0 amide bonds. The molecule has 0 spiro atoms. The van der Waals surface area contributed by atoms with E-state index < -0.39 is 22.8 Å². The van der Waals surface area contributed by atoms with Gasteiger partial charge in [-0.1, -0.05) is 30.9 Å². The molecule has 1 atom stereocenters. The maximum absolute atomic E-state index is 14.7. The van der Waals surface area contributed by atoms with E-state index >= 15 is 0 Å². The smallest absolute Gasteiger partial charge is 0.155 e. The minimum atomic E-state index is -0.980. The monoisotopic (exact) mass is 340 g/mol. The Hall–Kier alpha value is -1.20. The molecule has 0 radical (unpaired) electrons. The van der Waals surface area contributed by atoms with Crippen LogP contribution < -0.4 is 0 Å². The molecule has 6 heteroatoms. The fourth-order valence-corrected chi connectivity index (χ4v) is 4.58. The van der Waals surface area contributed by atoms with Crippen LogP contribution in [0.25, 0.3) is 10.9 Å². The van der Waals surface area contributed by atoms with E-state index in [1.165, 1.54) is 12.6 Å². The Bertz CT molecular complexity index is 751. The van der Waals surface area contributed by atoms with Crippen molar-refractivity contribution < 1.29 is 13.9 Å². The fourth-order valence-electron chi connectivity index (χ4n) is 4.37. The van der Waals surface area contributed by atoms with Crippen molar-refractivity contribution in [2.24, 2.45) is 11.3 Å². The van der Waals surface area contributed by atoms with Crippen LogP contribution in [-0.4, -0.2) is 15.3 Å². The standard InChI is InChI=1S/C17H19ClF2N2O/c18-12-13(19)10-8-21-22-15(10)11(14(12)20)16(23)17(6-7-17)9-4-2-1-3-5-9/h8-9,16,23H,1-7H2,(H,21,22). The highest BCUT2D eigenvalue weighted by atomic mass is 35.5. The molecular weight excluding hydrogens is 322 g/mol. The van der Waals surface area contributed by atoms with E-state index in [2.05, 4.69) is 10.2 Å². The van der Waals surface area contributed by atoms with Gasteiger partial charge in [0.15, 0.2) is 11.6 Å². The third-order valence-corrected chi connectivity index (χ3v) is 6.16. The van der Waals surface area contributed by atoms with Gasteiger partial charge in [0.25, 0.3) is 0 Å². The zero-order valence-electron chi connectivity index (χ0n) is 12.7. The summed E-state index contributed by atoms with van der Waals surface area (Å²) in [5.41, 5.74) is 0.00597. The van der Waals surface area contributed by atoms with Gasteiger partial charge >= 0.3 is 0 Å². The average Bonchev–Trinajstić information content (AvgIpc) is 3.25. The molecule has 2 aromatic rings. The Morgan fingerprint density at radius 3 is 2.57 bits per heavy atom. The summed E-state index contributed by atoms with van der Waals surface area (Å²) < 4.78 is 28.8. The van der Waals surface area contributed by atoms with Crippen LogP contribution in [0.4, 0.5) is 8.78 Å². The van der Waals surface area contributed by atoms with Crippen LogP contribution in [-0.2, 0) is 0 Å². The van der Waals surface area contributed by atoms with Crippen molar-refractivity contribution in [3.05, 3.63) is 28.4 Å². The van der Waals surface area contributed by atoms with Gasteiger partial charge in [-0.25, -0.2) is 8.78 Å². The molecule has 0 aliphatic heterocycles. The Balaban J connectivity index is 1.81. The zero-order chi connectivity index (χ0) is 16.2. The molecule has 4 rings (SSSR count). The predicted molar refractivity (Wildman–Crippen MR) is 84.2 cm³/mol. The molecule has 2 saturated carbocycles.